The van der Waals surface area contributed by atoms with E-state index in [4.69, 9.17) is 22.0 Å². The molecule has 1 fully saturated rings. The second-order valence-corrected chi connectivity index (χ2v) is 7.47. The molecule has 0 atom stereocenters. The molecule has 0 aromatic heterocycles. The van der Waals surface area contributed by atoms with Crippen molar-refractivity contribution >= 4 is 27.3 Å². The van der Waals surface area contributed by atoms with Gasteiger partial charge in [0.25, 0.3) is 0 Å². The van der Waals surface area contributed by atoms with E-state index in [9.17, 15) is 17.6 Å². The van der Waals surface area contributed by atoms with Crippen molar-refractivity contribution in [3.8, 4) is 0 Å². The van der Waals surface area contributed by atoms with Gasteiger partial charge in [-0.25, -0.2) is 17.5 Å². The van der Waals surface area contributed by atoms with E-state index in [1.165, 1.54) is 9.80 Å². The highest BCUT2D eigenvalue weighted by molar-refractivity contribution is 7.89. The number of carbonyl (C=O) groups excluding carboxylic acids is 1. The number of hydrogen-bond acceptors (Lipinski definition) is 5. The number of amides is 1. The van der Waals surface area contributed by atoms with Crippen LogP contribution in [0.15, 0.2) is 18.1 Å². The molecule has 1 aliphatic heterocycles. The molecule has 29 heavy (non-hydrogen) atoms. The molecule has 1 aromatic carbocycles. The molecule has 9 heteroatoms. The lowest BCUT2D eigenvalue weighted by atomic mass is 10.2. The molecule has 1 aliphatic rings. The van der Waals surface area contributed by atoms with Crippen molar-refractivity contribution in [3.05, 3.63) is 23.9 Å². The zero-order valence-electron chi connectivity index (χ0n) is 31.7. The van der Waals surface area contributed by atoms with Gasteiger partial charge in [-0.15, -0.1) is 0 Å². The fourth-order valence-corrected chi connectivity index (χ4v) is 3.23. The van der Waals surface area contributed by atoms with Crippen LogP contribution in [-0.2, 0) is 14.8 Å². The summed E-state index contributed by atoms with van der Waals surface area (Å²) in [6, 6.07) is -2.40. The van der Waals surface area contributed by atoms with Gasteiger partial charge in [0.1, 0.15) is 7.23 Å². The lowest BCUT2D eigenvalue weighted by Gasteiger charge is -2.36. The largest absolute Gasteiger partial charge is 0.369 e. The summed E-state index contributed by atoms with van der Waals surface area (Å²) in [5, 5.41) is 0.170. The molecular weight excluding hydrogens is 395 g/mol. The Bertz CT molecular complexity index is 1370. The Morgan fingerprint density at radius 1 is 1.34 bits per heavy atom. The molecule has 1 aromatic rings. The van der Waals surface area contributed by atoms with Crippen LogP contribution >= 0.6 is 0 Å². The molecule has 7 nitrogen and oxygen atoms in total. The molecule has 0 radical (unpaired) electrons. The number of carbonyl (C=O) groups is 1. The van der Waals surface area contributed by atoms with Crippen LogP contribution in [-0.4, -0.2) is 64.2 Å². The number of hydrogen-bond donors (Lipinski definition) is 2. The topological polar surface area (TPSA) is 81.8 Å². The van der Waals surface area contributed by atoms with Crippen LogP contribution in [0.1, 0.15) is 52.7 Å². The first-order valence-electron chi connectivity index (χ1n) is 16.6. The zero-order chi connectivity index (χ0) is 35.3. The smallest absolute Gasteiger partial charge is 0.221 e. The summed E-state index contributed by atoms with van der Waals surface area (Å²) >= 11 is 0. The van der Waals surface area contributed by atoms with E-state index in [0.29, 0.717) is 0 Å². The zero-order valence-corrected chi connectivity index (χ0v) is 16.6. The number of rotatable bonds is 10. The molecule has 0 spiro atoms. The Morgan fingerprint density at radius 3 is 2.72 bits per heavy atom. The number of nitrogens with one attached hydrogen (secondary N) is 2. The molecule has 0 saturated carbocycles. The maximum Gasteiger partial charge on any atom is 0.221 e. The standard InChI is InChI=1S/C20H33FN4O3S/c1-16(2)15-29(27,28)22-6-4-5-7-24-8-10-25(11-9-24)20-13-18(21)12-19(14-20)23-17(3)26/h12-14,16,22H,4-11,15H2,1-3H3,(H,23,26)/i1D3,2D3,7D2,12D,13D,14D,15D2,16D/hD2. The summed E-state index contributed by atoms with van der Waals surface area (Å²) in [4.78, 5) is 14.3. The van der Waals surface area contributed by atoms with Gasteiger partial charge in [-0.1, -0.05) is 13.7 Å². The van der Waals surface area contributed by atoms with Gasteiger partial charge >= 0.3 is 0 Å². The number of piperazine rings is 1. The van der Waals surface area contributed by atoms with Crippen molar-refractivity contribution in [2.75, 3.05) is 55.1 Å². The summed E-state index contributed by atoms with van der Waals surface area (Å²) in [5.41, 5.74) is -5.25. The highest BCUT2D eigenvalue weighted by atomic mass is 32.2. The van der Waals surface area contributed by atoms with Gasteiger partial charge in [-0.2, -0.15) is 0 Å². The van der Waals surface area contributed by atoms with Gasteiger partial charge in [-0.3, -0.25) is 9.69 Å². The highest BCUT2D eigenvalue weighted by Gasteiger charge is 2.18. The molecule has 0 unspecified atom stereocenters. The second-order valence-electron chi connectivity index (χ2n) is 6.06. The number of halogens is 1. The first kappa shape index (κ1) is 9.62. The molecule has 1 heterocycles. The molecule has 1 saturated heterocycles. The lowest BCUT2D eigenvalue weighted by Crippen LogP contribution is -2.46. The average Bonchev–Trinajstić information content (AvgIpc) is 2.90. The average molecular weight is 445 g/mol. The maximum absolute atomic E-state index is 14.7. The van der Waals surface area contributed by atoms with Crippen molar-refractivity contribution in [2.45, 2.75) is 33.5 Å². The summed E-state index contributed by atoms with van der Waals surface area (Å²) in [6.07, 6.45) is -0.867. The van der Waals surface area contributed by atoms with E-state index in [-0.39, 0.29) is 37.2 Å². The molecule has 0 aliphatic carbocycles. The van der Waals surface area contributed by atoms with Crippen LogP contribution in [0.4, 0.5) is 15.8 Å². The summed E-state index contributed by atoms with van der Waals surface area (Å²) < 4.78 is 165. The van der Waals surface area contributed by atoms with Crippen LogP contribution in [0.25, 0.3) is 0 Å². The Hall–Kier alpha value is -1.71. The molecule has 2 N–H and O–H groups in total. The van der Waals surface area contributed by atoms with Gasteiger partial charge in [0.2, 0.25) is 15.9 Å². The second kappa shape index (κ2) is 10.9. The van der Waals surface area contributed by atoms with E-state index < -0.39 is 101 Å². The van der Waals surface area contributed by atoms with Crippen molar-refractivity contribution in [3.63, 3.8) is 0 Å². The van der Waals surface area contributed by atoms with E-state index in [1.54, 1.807) is 0 Å². The summed E-state index contributed by atoms with van der Waals surface area (Å²) in [5.74, 6) is -6.42. The predicted molar refractivity (Wildman–Crippen MR) is 115 cm³/mol. The first-order valence-corrected chi connectivity index (χ1v) is 10.1. The lowest BCUT2D eigenvalue weighted by molar-refractivity contribution is -0.114. The maximum atomic E-state index is 14.7. The van der Waals surface area contributed by atoms with Crippen LogP contribution in [0, 0.1) is 11.7 Å². The molecule has 0 bridgehead atoms. The Labute approximate surface area is 196 Å². The Kier molecular flexibility index (Phi) is 3.61. The van der Waals surface area contributed by atoms with Gasteiger partial charge in [0.05, 0.1) is 9.82 Å². The van der Waals surface area contributed by atoms with Gasteiger partial charge in [0, 0.05) is 66.1 Å². The molecule has 1 amide bonds. The van der Waals surface area contributed by atoms with Crippen molar-refractivity contribution in [2.24, 2.45) is 5.89 Å². The third-order valence-corrected chi connectivity index (χ3v) is 4.71. The van der Waals surface area contributed by atoms with Crippen LogP contribution in [0.2, 0.25) is 2.82 Å². The minimum atomic E-state index is -5.71. The molecule has 2 rings (SSSR count). The van der Waals surface area contributed by atoms with Gasteiger partial charge in [-0.05, 0) is 43.4 Å². The van der Waals surface area contributed by atoms with Gasteiger partial charge in [0.15, 0.2) is 1.41 Å². The summed E-state index contributed by atoms with van der Waals surface area (Å²) in [6.45, 7) is -10.3. The highest BCUT2D eigenvalue weighted by Crippen LogP contribution is 2.23. The minimum Gasteiger partial charge on any atom is -0.369 e. The van der Waals surface area contributed by atoms with Crippen molar-refractivity contribution in [1.29, 1.82) is 0 Å². The van der Waals surface area contributed by atoms with Gasteiger partial charge < -0.3 is 10.2 Å². The minimum absolute atomic E-state index is 0.0689. The first-order chi connectivity index (χ1) is 20.1. The number of sulfonamides is 1. The van der Waals surface area contributed by atoms with Crippen molar-refractivity contribution < 1.29 is 39.6 Å². The fourth-order valence-electron chi connectivity index (χ4n) is 2.54. The van der Waals surface area contributed by atoms with Crippen LogP contribution < -0.4 is 14.9 Å². The SMILES string of the molecule is [2H]c1c(F)c([2H])c(N([2H])C(C)=O)c([2H])c1N1CCN(C([2H])([2H])CCCN([2H])S(=O)(=O)C([2H])([2H])C([2H])(C([2H])([2H])[2H])C([2H])([2H])[2H])CC1. The quantitative estimate of drug-likeness (QED) is 0.579. The number of nitrogens with zero attached hydrogens (tertiary/aromatic N) is 2. The number of benzene rings is 1. The normalized spacial score (nSPS) is 26.1. The third-order valence-electron chi connectivity index (χ3n) is 3.72. The van der Waals surface area contributed by atoms with E-state index in [2.05, 4.69) is 0 Å². The van der Waals surface area contributed by atoms with E-state index >= 15 is 0 Å². The van der Waals surface area contributed by atoms with Crippen LogP contribution in [0.3, 0.4) is 0 Å². The third kappa shape index (κ3) is 8.67. The fraction of sp³-hybridized carbons (Fsp3) is 0.650. The van der Waals surface area contributed by atoms with Crippen LogP contribution in [0.5, 0.6) is 0 Å². The monoisotopic (exact) mass is 444 g/mol. The molecular formula is C20H33FN4O3S. The van der Waals surface area contributed by atoms with Crippen molar-refractivity contribution in [1.82, 2.24) is 9.62 Å². The molecule has 164 valence electrons. The Balaban J connectivity index is 2.17. The van der Waals surface area contributed by atoms with E-state index in [0.717, 1.165) is 6.92 Å². The predicted octanol–water partition coefficient (Wildman–Crippen LogP) is 2.26. The summed E-state index contributed by atoms with van der Waals surface area (Å²) in [7, 11) is -5.71. The number of anilines is 2. The van der Waals surface area contributed by atoms with E-state index in [1.807, 2.05) is 0 Å². The Morgan fingerprint density at radius 2 is 2.07 bits per heavy atom.